The highest BCUT2D eigenvalue weighted by Crippen LogP contribution is 2.44. The minimum atomic E-state index is -0.416. The van der Waals surface area contributed by atoms with Gasteiger partial charge in [-0.15, -0.1) is 0 Å². The summed E-state index contributed by atoms with van der Waals surface area (Å²) < 4.78 is 20.5. The molecule has 5 heteroatoms. The number of benzene rings is 3. The van der Waals surface area contributed by atoms with Gasteiger partial charge >= 0.3 is 5.97 Å². The standard InChI is InChI=1S/C30H33FN2O2/c1-2-3-16-28(33-29-18-32-17-25(29)24-14-8-9-15-27(24)31)30(34)35-19-26-22-12-6-4-10-20(22)21-11-5-7-13-23(21)26/h4-15,25-26,28-29,32-33H,2-3,16-19H2,1H3/t25-,28?,29+/m1/s1. The van der Waals surface area contributed by atoms with Crippen LogP contribution in [0.5, 0.6) is 0 Å². The van der Waals surface area contributed by atoms with E-state index in [0.717, 1.165) is 12.8 Å². The van der Waals surface area contributed by atoms with Crippen molar-refractivity contribution < 1.29 is 13.9 Å². The van der Waals surface area contributed by atoms with Crippen molar-refractivity contribution in [3.8, 4) is 11.1 Å². The first kappa shape index (κ1) is 23.7. The van der Waals surface area contributed by atoms with Crippen molar-refractivity contribution in [2.45, 2.75) is 50.1 Å². The average Bonchev–Trinajstić information content (AvgIpc) is 3.48. The number of hydrogen-bond acceptors (Lipinski definition) is 4. The molecule has 1 heterocycles. The molecule has 0 spiro atoms. The van der Waals surface area contributed by atoms with Gasteiger partial charge in [-0.05, 0) is 40.3 Å². The van der Waals surface area contributed by atoms with E-state index < -0.39 is 6.04 Å². The third-order valence-electron chi connectivity index (χ3n) is 7.42. The Kier molecular flexibility index (Phi) is 7.26. The monoisotopic (exact) mass is 472 g/mol. The number of nitrogens with one attached hydrogen (secondary N) is 2. The molecule has 1 saturated heterocycles. The van der Waals surface area contributed by atoms with Crippen LogP contribution < -0.4 is 10.6 Å². The molecule has 2 aliphatic rings. The molecule has 0 saturated carbocycles. The van der Waals surface area contributed by atoms with E-state index in [1.807, 2.05) is 24.3 Å². The van der Waals surface area contributed by atoms with Gasteiger partial charge in [0.25, 0.3) is 0 Å². The number of fused-ring (bicyclic) bond motifs is 3. The number of carbonyl (C=O) groups is 1. The van der Waals surface area contributed by atoms with Gasteiger partial charge in [0, 0.05) is 31.0 Å². The lowest BCUT2D eigenvalue weighted by molar-refractivity contribution is -0.147. The molecule has 3 aromatic rings. The molecule has 4 nitrogen and oxygen atoms in total. The predicted octanol–water partition coefficient (Wildman–Crippen LogP) is 5.39. The van der Waals surface area contributed by atoms with Crippen LogP contribution in [0.4, 0.5) is 4.39 Å². The van der Waals surface area contributed by atoms with Crippen LogP contribution in [0.25, 0.3) is 11.1 Å². The van der Waals surface area contributed by atoms with Crippen LogP contribution in [0.15, 0.2) is 72.8 Å². The summed E-state index contributed by atoms with van der Waals surface area (Å²) in [7, 11) is 0. The lowest BCUT2D eigenvalue weighted by Gasteiger charge is -2.26. The van der Waals surface area contributed by atoms with E-state index in [1.165, 1.54) is 28.3 Å². The first-order chi connectivity index (χ1) is 17.2. The van der Waals surface area contributed by atoms with Gasteiger partial charge < -0.3 is 10.1 Å². The normalized spacial score (nSPS) is 19.8. The fourth-order valence-electron chi connectivity index (χ4n) is 5.60. The zero-order valence-electron chi connectivity index (χ0n) is 20.2. The topological polar surface area (TPSA) is 50.4 Å². The maximum Gasteiger partial charge on any atom is 0.323 e. The molecule has 0 amide bonds. The zero-order chi connectivity index (χ0) is 24.2. The van der Waals surface area contributed by atoms with Crippen LogP contribution in [0.1, 0.15) is 54.7 Å². The molecule has 3 aromatic carbocycles. The number of hydrogen-bond donors (Lipinski definition) is 2. The van der Waals surface area contributed by atoms with Gasteiger partial charge in [-0.3, -0.25) is 10.1 Å². The number of halogens is 1. The summed E-state index contributed by atoms with van der Waals surface area (Å²) in [6, 6.07) is 23.2. The maximum atomic E-state index is 14.5. The van der Waals surface area contributed by atoms with Crippen molar-refractivity contribution in [1.82, 2.24) is 10.6 Å². The summed E-state index contributed by atoms with van der Waals surface area (Å²) in [5, 5.41) is 6.90. The highest BCUT2D eigenvalue weighted by atomic mass is 19.1. The zero-order valence-corrected chi connectivity index (χ0v) is 20.2. The average molecular weight is 473 g/mol. The van der Waals surface area contributed by atoms with E-state index in [4.69, 9.17) is 4.74 Å². The number of carbonyl (C=O) groups excluding carboxylic acids is 1. The van der Waals surface area contributed by atoms with Crippen molar-refractivity contribution in [2.75, 3.05) is 19.7 Å². The molecular weight excluding hydrogens is 439 g/mol. The highest BCUT2D eigenvalue weighted by molar-refractivity contribution is 5.79. The summed E-state index contributed by atoms with van der Waals surface area (Å²) in [5.41, 5.74) is 5.54. The Morgan fingerprint density at radius 2 is 1.60 bits per heavy atom. The second-order valence-electron chi connectivity index (χ2n) is 9.61. The summed E-state index contributed by atoms with van der Waals surface area (Å²) in [5.74, 6) is -0.405. The second-order valence-corrected chi connectivity index (χ2v) is 9.61. The largest absolute Gasteiger partial charge is 0.464 e. The number of esters is 1. The van der Waals surface area contributed by atoms with E-state index in [0.29, 0.717) is 31.7 Å². The summed E-state index contributed by atoms with van der Waals surface area (Å²) in [6.07, 6.45) is 2.62. The third-order valence-corrected chi connectivity index (χ3v) is 7.42. The second kappa shape index (κ2) is 10.7. The Hall–Kier alpha value is -3.02. The Bertz CT molecular complexity index is 1130. The molecule has 35 heavy (non-hydrogen) atoms. The summed E-state index contributed by atoms with van der Waals surface area (Å²) in [4.78, 5) is 13.3. The number of unbranched alkanes of at least 4 members (excludes halogenated alkanes) is 1. The minimum Gasteiger partial charge on any atom is -0.464 e. The maximum absolute atomic E-state index is 14.5. The molecule has 1 unspecified atom stereocenters. The van der Waals surface area contributed by atoms with Crippen LogP contribution in [-0.2, 0) is 9.53 Å². The predicted molar refractivity (Wildman–Crippen MR) is 137 cm³/mol. The molecule has 0 aromatic heterocycles. The molecule has 1 fully saturated rings. The minimum absolute atomic E-state index is 0.0262. The lowest BCUT2D eigenvalue weighted by Crippen LogP contribution is -2.47. The van der Waals surface area contributed by atoms with E-state index >= 15 is 0 Å². The SMILES string of the molecule is CCCCC(N[C@H]1CNC[C@@H]1c1ccccc1F)C(=O)OCC1c2ccccc2-c2ccccc21. The number of rotatable bonds is 9. The van der Waals surface area contributed by atoms with Crippen molar-refractivity contribution in [3.05, 3.63) is 95.3 Å². The van der Waals surface area contributed by atoms with Crippen molar-refractivity contribution in [2.24, 2.45) is 0 Å². The summed E-state index contributed by atoms with van der Waals surface area (Å²) >= 11 is 0. The van der Waals surface area contributed by atoms with Crippen LogP contribution in [-0.4, -0.2) is 37.7 Å². The van der Waals surface area contributed by atoms with Gasteiger partial charge in [0.1, 0.15) is 18.5 Å². The molecule has 0 bridgehead atoms. The first-order valence-electron chi connectivity index (χ1n) is 12.7. The van der Waals surface area contributed by atoms with E-state index in [-0.39, 0.29) is 29.7 Å². The molecular formula is C30H33FN2O2. The van der Waals surface area contributed by atoms with Crippen molar-refractivity contribution >= 4 is 5.97 Å². The van der Waals surface area contributed by atoms with Crippen molar-refractivity contribution in [3.63, 3.8) is 0 Å². The quantitative estimate of drug-likeness (QED) is 0.410. The lowest BCUT2D eigenvalue weighted by atomic mass is 9.93. The fourth-order valence-corrected chi connectivity index (χ4v) is 5.60. The van der Waals surface area contributed by atoms with Crippen LogP contribution in [0, 0.1) is 5.82 Å². The first-order valence-corrected chi connectivity index (χ1v) is 12.7. The molecule has 2 N–H and O–H groups in total. The van der Waals surface area contributed by atoms with E-state index in [1.54, 1.807) is 6.07 Å². The van der Waals surface area contributed by atoms with Crippen LogP contribution in [0.2, 0.25) is 0 Å². The van der Waals surface area contributed by atoms with Gasteiger partial charge in [0.05, 0.1) is 0 Å². The van der Waals surface area contributed by atoms with E-state index in [2.05, 4.69) is 54.0 Å². The smallest absolute Gasteiger partial charge is 0.323 e. The van der Waals surface area contributed by atoms with E-state index in [9.17, 15) is 9.18 Å². The molecule has 182 valence electrons. The van der Waals surface area contributed by atoms with Gasteiger partial charge in [-0.25, -0.2) is 4.39 Å². The fraction of sp³-hybridized carbons (Fsp3) is 0.367. The highest BCUT2D eigenvalue weighted by Gasteiger charge is 2.35. The molecule has 0 radical (unpaired) electrons. The Balaban J connectivity index is 1.30. The Morgan fingerprint density at radius 1 is 0.971 bits per heavy atom. The molecule has 1 aliphatic carbocycles. The molecule has 1 aliphatic heterocycles. The van der Waals surface area contributed by atoms with Gasteiger partial charge in [0.15, 0.2) is 0 Å². The van der Waals surface area contributed by atoms with Crippen LogP contribution in [0.3, 0.4) is 0 Å². The third kappa shape index (κ3) is 4.89. The van der Waals surface area contributed by atoms with Gasteiger partial charge in [-0.2, -0.15) is 0 Å². The van der Waals surface area contributed by atoms with Crippen molar-refractivity contribution in [1.29, 1.82) is 0 Å². The van der Waals surface area contributed by atoms with Gasteiger partial charge in [-0.1, -0.05) is 86.5 Å². The Morgan fingerprint density at radius 3 is 2.26 bits per heavy atom. The molecule has 5 rings (SSSR count). The van der Waals surface area contributed by atoms with Gasteiger partial charge in [0.2, 0.25) is 0 Å². The number of ether oxygens (including phenoxy) is 1. The van der Waals surface area contributed by atoms with Crippen LogP contribution >= 0.6 is 0 Å². The summed E-state index contributed by atoms with van der Waals surface area (Å²) in [6.45, 7) is 3.81. The Labute approximate surface area is 206 Å². The molecule has 3 atom stereocenters.